The van der Waals surface area contributed by atoms with Crippen LogP contribution in [0.25, 0.3) is 0 Å². The van der Waals surface area contributed by atoms with Crippen LogP contribution < -0.4 is 5.32 Å². The first-order chi connectivity index (χ1) is 11.5. The number of hydrogen-bond acceptors (Lipinski definition) is 4. The predicted molar refractivity (Wildman–Crippen MR) is 101 cm³/mol. The number of nitrogens with zero attached hydrogens (tertiary/aromatic N) is 1. The van der Waals surface area contributed by atoms with Crippen molar-refractivity contribution in [3.8, 4) is 0 Å². The number of carbonyl (C=O) groups excluding carboxylic acids is 1. The van der Waals surface area contributed by atoms with Gasteiger partial charge in [0.1, 0.15) is 5.60 Å². The zero-order valence-electron chi connectivity index (χ0n) is 17.3. The first kappa shape index (κ1) is 20.5. The first-order valence-corrected chi connectivity index (χ1v) is 9.80. The maximum absolute atomic E-state index is 12.4. The molecule has 1 N–H and O–H groups in total. The monoisotopic (exact) mass is 354 g/mol. The van der Waals surface area contributed by atoms with Crippen LogP contribution in [-0.2, 0) is 9.47 Å². The van der Waals surface area contributed by atoms with Gasteiger partial charge in [0.25, 0.3) is 0 Å². The standard InChI is InChI=1S/C20H38N2O3/c1-8-24-16-12-15(19(16,5)6)21-13-20(7)10-9-11-22(14-20)17(23)25-18(2,3)4/h15-16,21H,8-14H2,1-7H3. The van der Waals surface area contributed by atoms with E-state index in [1.165, 1.54) is 0 Å². The number of likely N-dealkylation sites (tertiary alicyclic amines) is 1. The van der Waals surface area contributed by atoms with Gasteiger partial charge < -0.3 is 19.7 Å². The van der Waals surface area contributed by atoms with E-state index in [1.54, 1.807) is 0 Å². The zero-order valence-corrected chi connectivity index (χ0v) is 17.3. The van der Waals surface area contributed by atoms with Crippen molar-refractivity contribution in [3.05, 3.63) is 0 Å². The van der Waals surface area contributed by atoms with E-state index >= 15 is 0 Å². The molecule has 5 nitrogen and oxygen atoms in total. The number of rotatable bonds is 5. The third kappa shape index (κ3) is 5.10. The molecule has 0 spiro atoms. The fourth-order valence-electron chi connectivity index (χ4n) is 4.03. The lowest BCUT2D eigenvalue weighted by molar-refractivity contribution is -0.116. The molecule has 1 aliphatic heterocycles. The van der Waals surface area contributed by atoms with Gasteiger partial charge in [-0.25, -0.2) is 4.79 Å². The summed E-state index contributed by atoms with van der Waals surface area (Å²) in [5.41, 5.74) is -0.165. The lowest BCUT2D eigenvalue weighted by atomic mass is 9.64. The SMILES string of the molecule is CCOC1CC(NCC2(C)CCCN(C(=O)OC(C)(C)C)C2)C1(C)C. The highest BCUT2D eigenvalue weighted by Crippen LogP contribution is 2.43. The summed E-state index contributed by atoms with van der Waals surface area (Å²) in [4.78, 5) is 14.3. The molecular formula is C20H38N2O3. The Hall–Kier alpha value is -0.810. The van der Waals surface area contributed by atoms with Gasteiger partial charge in [-0.15, -0.1) is 0 Å². The molecule has 3 atom stereocenters. The van der Waals surface area contributed by atoms with Crippen LogP contribution in [0, 0.1) is 10.8 Å². The highest BCUT2D eigenvalue weighted by Gasteiger charge is 2.49. The first-order valence-electron chi connectivity index (χ1n) is 9.80. The molecule has 2 rings (SSSR count). The Balaban J connectivity index is 1.86. The molecule has 2 aliphatic rings. The summed E-state index contributed by atoms with van der Waals surface area (Å²) in [5, 5.41) is 3.76. The summed E-state index contributed by atoms with van der Waals surface area (Å²) in [7, 11) is 0. The Bertz CT molecular complexity index is 472. The predicted octanol–water partition coefficient (Wildman–Crippen LogP) is 3.82. The van der Waals surface area contributed by atoms with E-state index in [9.17, 15) is 4.79 Å². The van der Waals surface area contributed by atoms with Crippen LogP contribution in [0.4, 0.5) is 4.79 Å². The van der Waals surface area contributed by atoms with Crippen LogP contribution in [-0.4, -0.2) is 55.0 Å². The number of piperidine rings is 1. The lowest BCUT2D eigenvalue weighted by Crippen LogP contribution is -2.63. The average Bonchev–Trinajstić information content (AvgIpc) is 2.48. The molecule has 1 saturated heterocycles. The number of carbonyl (C=O) groups is 1. The molecular weight excluding hydrogens is 316 g/mol. The Kier molecular flexibility index (Phi) is 6.10. The number of hydrogen-bond donors (Lipinski definition) is 1. The van der Waals surface area contributed by atoms with E-state index in [0.29, 0.717) is 12.1 Å². The molecule has 3 unspecified atom stereocenters. The van der Waals surface area contributed by atoms with Gasteiger partial charge >= 0.3 is 6.09 Å². The van der Waals surface area contributed by atoms with Crippen LogP contribution >= 0.6 is 0 Å². The minimum Gasteiger partial charge on any atom is -0.444 e. The number of nitrogens with one attached hydrogen (secondary N) is 1. The van der Waals surface area contributed by atoms with Crippen molar-refractivity contribution in [1.29, 1.82) is 0 Å². The summed E-state index contributed by atoms with van der Waals surface area (Å²) in [6, 6.07) is 0.484. The highest BCUT2D eigenvalue weighted by atomic mass is 16.6. The normalized spacial score (nSPS) is 32.2. The molecule has 0 aromatic rings. The molecule has 25 heavy (non-hydrogen) atoms. The quantitative estimate of drug-likeness (QED) is 0.815. The third-order valence-electron chi connectivity index (χ3n) is 5.75. The molecule has 0 bridgehead atoms. The minimum atomic E-state index is -0.437. The van der Waals surface area contributed by atoms with Crippen LogP contribution in [0.1, 0.15) is 67.7 Å². The van der Waals surface area contributed by atoms with Crippen LogP contribution in [0.5, 0.6) is 0 Å². The van der Waals surface area contributed by atoms with E-state index in [2.05, 4.69) is 33.0 Å². The largest absolute Gasteiger partial charge is 0.444 e. The summed E-state index contributed by atoms with van der Waals surface area (Å²) in [6.07, 6.45) is 3.42. The van der Waals surface area contributed by atoms with Crippen LogP contribution in [0.15, 0.2) is 0 Å². The molecule has 146 valence electrons. The topological polar surface area (TPSA) is 50.8 Å². The van der Waals surface area contributed by atoms with Crippen molar-refractivity contribution in [2.45, 2.75) is 85.5 Å². The molecule has 1 saturated carbocycles. The third-order valence-corrected chi connectivity index (χ3v) is 5.75. The summed E-state index contributed by atoms with van der Waals surface area (Å²) in [6.45, 7) is 17.9. The number of ether oxygens (including phenoxy) is 2. The van der Waals surface area contributed by atoms with Crippen molar-refractivity contribution >= 4 is 6.09 Å². The summed E-state index contributed by atoms with van der Waals surface area (Å²) in [5.74, 6) is 0. The second kappa shape index (κ2) is 7.43. The van der Waals surface area contributed by atoms with Crippen molar-refractivity contribution in [3.63, 3.8) is 0 Å². The molecule has 1 aliphatic carbocycles. The lowest BCUT2D eigenvalue weighted by Gasteiger charge is -2.53. The van der Waals surface area contributed by atoms with Crippen molar-refractivity contribution in [2.75, 3.05) is 26.2 Å². The van der Waals surface area contributed by atoms with Gasteiger partial charge in [0.2, 0.25) is 0 Å². The maximum atomic E-state index is 12.4. The zero-order chi connectivity index (χ0) is 18.9. The van der Waals surface area contributed by atoms with Gasteiger partial charge in [-0.3, -0.25) is 0 Å². The van der Waals surface area contributed by atoms with E-state index in [-0.39, 0.29) is 16.9 Å². The van der Waals surface area contributed by atoms with Crippen molar-refractivity contribution in [1.82, 2.24) is 10.2 Å². The van der Waals surface area contributed by atoms with Crippen molar-refractivity contribution < 1.29 is 14.3 Å². The summed E-state index contributed by atoms with van der Waals surface area (Å²) < 4.78 is 11.4. The molecule has 0 aromatic heterocycles. The van der Waals surface area contributed by atoms with Crippen LogP contribution in [0.2, 0.25) is 0 Å². The number of amides is 1. The Morgan fingerprint density at radius 2 is 1.96 bits per heavy atom. The van der Waals surface area contributed by atoms with Gasteiger partial charge in [0, 0.05) is 37.7 Å². The van der Waals surface area contributed by atoms with Gasteiger partial charge in [-0.2, -0.15) is 0 Å². The average molecular weight is 355 g/mol. The molecule has 2 fully saturated rings. The molecule has 5 heteroatoms. The fraction of sp³-hybridized carbons (Fsp3) is 0.950. The molecule has 1 heterocycles. The van der Waals surface area contributed by atoms with Gasteiger partial charge in [-0.05, 0) is 52.4 Å². The smallest absolute Gasteiger partial charge is 0.410 e. The van der Waals surface area contributed by atoms with Gasteiger partial charge in [0.05, 0.1) is 6.10 Å². The fourth-order valence-corrected chi connectivity index (χ4v) is 4.03. The van der Waals surface area contributed by atoms with E-state index < -0.39 is 5.60 Å². The second-order valence-corrected chi connectivity index (χ2v) is 9.75. The molecule has 1 amide bonds. The van der Waals surface area contributed by atoms with Crippen LogP contribution in [0.3, 0.4) is 0 Å². The Morgan fingerprint density at radius 3 is 2.52 bits per heavy atom. The molecule has 0 aromatic carbocycles. The maximum Gasteiger partial charge on any atom is 0.410 e. The highest BCUT2D eigenvalue weighted by molar-refractivity contribution is 5.68. The second-order valence-electron chi connectivity index (χ2n) is 9.75. The van der Waals surface area contributed by atoms with E-state index in [0.717, 1.165) is 45.5 Å². The van der Waals surface area contributed by atoms with E-state index in [1.807, 2.05) is 25.7 Å². The van der Waals surface area contributed by atoms with Gasteiger partial charge in [0.15, 0.2) is 0 Å². The Labute approximate surface area is 153 Å². The Morgan fingerprint density at radius 1 is 1.28 bits per heavy atom. The van der Waals surface area contributed by atoms with E-state index in [4.69, 9.17) is 9.47 Å². The minimum absolute atomic E-state index is 0.0991. The summed E-state index contributed by atoms with van der Waals surface area (Å²) >= 11 is 0. The van der Waals surface area contributed by atoms with Crippen molar-refractivity contribution in [2.24, 2.45) is 10.8 Å². The molecule has 0 radical (unpaired) electrons. The van der Waals surface area contributed by atoms with Gasteiger partial charge in [-0.1, -0.05) is 20.8 Å².